The molecule has 0 radical (unpaired) electrons. The molecule has 0 bridgehead atoms. The maximum Gasteiger partial charge on any atom is 0.219 e. The maximum atomic E-state index is 11.6. The van der Waals surface area contributed by atoms with Crippen LogP contribution >= 0.6 is 24.0 Å². The summed E-state index contributed by atoms with van der Waals surface area (Å²) in [5.74, 6) is 2.02. The number of hydrogen-bond acceptors (Lipinski definition) is 4. The van der Waals surface area contributed by atoms with Gasteiger partial charge >= 0.3 is 0 Å². The fourth-order valence-electron chi connectivity index (χ4n) is 3.70. The van der Waals surface area contributed by atoms with Crippen LogP contribution in [-0.2, 0) is 24.4 Å². The van der Waals surface area contributed by atoms with Gasteiger partial charge in [-0.1, -0.05) is 24.3 Å². The van der Waals surface area contributed by atoms with Crippen molar-refractivity contribution in [2.45, 2.75) is 33.5 Å². The number of carbonyl (C=O) groups is 1. The molecule has 1 amide bonds. The normalized spacial score (nSPS) is 14.5. The number of halogens is 1. The summed E-state index contributed by atoms with van der Waals surface area (Å²) in [4.78, 5) is 22.9. The summed E-state index contributed by atoms with van der Waals surface area (Å²) in [5.41, 5.74) is 2.49. The van der Waals surface area contributed by atoms with Gasteiger partial charge in [0.1, 0.15) is 5.76 Å². The zero-order chi connectivity index (χ0) is 21.3. The highest BCUT2D eigenvalue weighted by Gasteiger charge is 2.21. The molecule has 0 aliphatic carbocycles. The van der Waals surface area contributed by atoms with Gasteiger partial charge < -0.3 is 19.5 Å². The minimum Gasteiger partial charge on any atom is -0.468 e. The van der Waals surface area contributed by atoms with Crippen LogP contribution < -0.4 is 5.32 Å². The van der Waals surface area contributed by atoms with Crippen LogP contribution in [0.2, 0.25) is 0 Å². The Balaban J connectivity index is 0.00000341. The van der Waals surface area contributed by atoms with E-state index in [0.29, 0.717) is 6.54 Å². The van der Waals surface area contributed by atoms with Crippen molar-refractivity contribution >= 4 is 35.8 Å². The topological polar surface area (TPSA) is 64.3 Å². The van der Waals surface area contributed by atoms with E-state index in [1.54, 1.807) is 13.2 Å². The van der Waals surface area contributed by atoms with E-state index < -0.39 is 0 Å². The Morgan fingerprint density at radius 1 is 1.06 bits per heavy atom. The van der Waals surface area contributed by atoms with Gasteiger partial charge in [0.05, 0.1) is 19.4 Å². The van der Waals surface area contributed by atoms with Crippen LogP contribution in [-0.4, -0.2) is 66.3 Å². The van der Waals surface area contributed by atoms with E-state index in [1.807, 2.05) is 17.0 Å². The first-order chi connectivity index (χ1) is 14.6. The van der Waals surface area contributed by atoms with Gasteiger partial charge in [0.15, 0.2) is 5.96 Å². The lowest BCUT2D eigenvalue weighted by molar-refractivity contribution is -0.130. The molecule has 1 fully saturated rings. The van der Waals surface area contributed by atoms with Crippen molar-refractivity contribution in [1.82, 2.24) is 20.0 Å². The minimum absolute atomic E-state index is 0. The van der Waals surface area contributed by atoms with Crippen LogP contribution in [0.3, 0.4) is 0 Å². The molecular weight excluding hydrogens is 505 g/mol. The molecule has 31 heavy (non-hydrogen) atoms. The molecule has 0 atom stereocenters. The van der Waals surface area contributed by atoms with Gasteiger partial charge in [-0.15, -0.1) is 24.0 Å². The van der Waals surface area contributed by atoms with Gasteiger partial charge in [-0.25, -0.2) is 4.99 Å². The Morgan fingerprint density at radius 3 is 2.35 bits per heavy atom. The second kappa shape index (κ2) is 12.7. The number of amides is 1. The molecule has 0 spiro atoms. The number of nitrogens with one attached hydrogen (secondary N) is 1. The molecule has 0 saturated carbocycles. The highest BCUT2D eigenvalue weighted by molar-refractivity contribution is 14.0. The van der Waals surface area contributed by atoms with E-state index in [1.165, 1.54) is 11.1 Å². The van der Waals surface area contributed by atoms with E-state index in [0.717, 1.165) is 57.5 Å². The van der Waals surface area contributed by atoms with Crippen molar-refractivity contribution in [3.63, 3.8) is 0 Å². The molecule has 1 aromatic carbocycles. The van der Waals surface area contributed by atoms with Gasteiger partial charge in [0.25, 0.3) is 0 Å². The van der Waals surface area contributed by atoms with Crippen molar-refractivity contribution in [1.29, 1.82) is 0 Å². The molecule has 1 aliphatic heterocycles. The predicted molar refractivity (Wildman–Crippen MR) is 134 cm³/mol. The first-order valence-electron chi connectivity index (χ1n) is 10.6. The number of hydrogen-bond donors (Lipinski definition) is 1. The second-order valence-electron chi connectivity index (χ2n) is 7.68. The summed E-state index contributed by atoms with van der Waals surface area (Å²) >= 11 is 0. The van der Waals surface area contributed by atoms with Crippen LogP contribution in [0.5, 0.6) is 0 Å². The highest BCUT2D eigenvalue weighted by atomic mass is 127. The van der Waals surface area contributed by atoms with Crippen LogP contribution in [0.1, 0.15) is 30.7 Å². The Hall–Kier alpha value is -2.07. The molecule has 3 rings (SSSR count). The SMILES string of the molecule is CCNC(=NCc1ccccc1CN(C)Cc1ccco1)N1CCN(C(C)=O)CC1.I. The van der Waals surface area contributed by atoms with Crippen molar-refractivity contribution in [3.8, 4) is 0 Å². The third-order valence-electron chi connectivity index (χ3n) is 5.32. The van der Waals surface area contributed by atoms with Crippen molar-refractivity contribution in [2.75, 3.05) is 39.8 Å². The summed E-state index contributed by atoms with van der Waals surface area (Å²) in [7, 11) is 2.10. The number of carbonyl (C=O) groups excluding carboxylic acids is 1. The average molecular weight is 539 g/mol. The molecule has 8 heteroatoms. The van der Waals surface area contributed by atoms with Gasteiger partial charge in [-0.3, -0.25) is 9.69 Å². The number of aliphatic imine (C=N–C) groups is 1. The van der Waals surface area contributed by atoms with E-state index >= 15 is 0 Å². The lowest BCUT2D eigenvalue weighted by atomic mass is 10.1. The van der Waals surface area contributed by atoms with E-state index in [2.05, 4.69) is 53.4 Å². The Bertz CT molecular complexity index is 832. The summed E-state index contributed by atoms with van der Waals surface area (Å²) in [6.45, 7) is 9.86. The minimum atomic E-state index is 0. The van der Waals surface area contributed by atoms with Crippen LogP contribution in [0.4, 0.5) is 0 Å². The maximum absolute atomic E-state index is 11.6. The van der Waals surface area contributed by atoms with Crippen molar-refractivity contribution in [3.05, 3.63) is 59.5 Å². The number of nitrogens with zero attached hydrogens (tertiary/aromatic N) is 4. The molecule has 2 aromatic rings. The fourth-order valence-corrected chi connectivity index (χ4v) is 3.70. The van der Waals surface area contributed by atoms with Gasteiger partial charge in [-0.2, -0.15) is 0 Å². The fraction of sp³-hybridized carbons (Fsp3) is 0.478. The van der Waals surface area contributed by atoms with Crippen molar-refractivity contribution in [2.24, 2.45) is 4.99 Å². The molecule has 1 N–H and O–H groups in total. The quantitative estimate of drug-likeness (QED) is 0.333. The molecule has 2 heterocycles. The zero-order valence-corrected chi connectivity index (χ0v) is 21.0. The summed E-state index contributed by atoms with van der Waals surface area (Å²) < 4.78 is 5.47. The second-order valence-corrected chi connectivity index (χ2v) is 7.68. The van der Waals surface area contributed by atoms with E-state index in [-0.39, 0.29) is 29.9 Å². The largest absolute Gasteiger partial charge is 0.468 e. The molecule has 7 nitrogen and oxygen atoms in total. The third kappa shape index (κ3) is 7.53. The van der Waals surface area contributed by atoms with E-state index in [9.17, 15) is 4.79 Å². The monoisotopic (exact) mass is 539 g/mol. The Morgan fingerprint density at radius 2 is 1.74 bits per heavy atom. The van der Waals surface area contributed by atoms with Gasteiger partial charge in [-0.05, 0) is 37.2 Å². The van der Waals surface area contributed by atoms with Gasteiger partial charge in [0, 0.05) is 46.2 Å². The molecule has 1 aliphatic rings. The Labute approximate surface area is 202 Å². The first-order valence-corrected chi connectivity index (χ1v) is 10.6. The van der Waals surface area contributed by atoms with Crippen LogP contribution in [0.15, 0.2) is 52.1 Å². The average Bonchev–Trinajstić information content (AvgIpc) is 3.25. The summed E-state index contributed by atoms with van der Waals surface area (Å²) in [6.07, 6.45) is 1.71. The number of furan rings is 1. The lowest BCUT2D eigenvalue weighted by Gasteiger charge is -2.36. The standard InChI is InChI=1S/C23H33N5O2.HI/c1-4-24-23(28-13-11-27(12-14-28)19(2)29)25-16-20-8-5-6-9-21(20)17-26(3)18-22-10-7-15-30-22;/h5-10,15H,4,11-14,16-18H2,1-3H3,(H,24,25);1H. The molecule has 0 unspecified atom stereocenters. The number of rotatable bonds is 7. The third-order valence-corrected chi connectivity index (χ3v) is 5.32. The smallest absolute Gasteiger partial charge is 0.219 e. The summed E-state index contributed by atoms with van der Waals surface area (Å²) in [5, 5.41) is 3.41. The lowest BCUT2D eigenvalue weighted by Crippen LogP contribution is -2.53. The molecule has 170 valence electrons. The van der Waals surface area contributed by atoms with Crippen LogP contribution in [0.25, 0.3) is 0 Å². The number of piperazine rings is 1. The van der Waals surface area contributed by atoms with Crippen molar-refractivity contribution < 1.29 is 9.21 Å². The molecule has 1 saturated heterocycles. The van der Waals surface area contributed by atoms with Crippen LogP contribution in [0, 0.1) is 0 Å². The van der Waals surface area contributed by atoms with E-state index in [4.69, 9.17) is 9.41 Å². The first kappa shape index (κ1) is 25.2. The molecule has 1 aromatic heterocycles. The molecular formula is C23H34IN5O2. The number of benzene rings is 1. The summed E-state index contributed by atoms with van der Waals surface area (Å²) in [6, 6.07) is 12.4. The highest BCUT2D eigenvalue weighted by Crippen LogP contribution is 2.15. The van der Waals surface area contributed by atoms with Gasteiger partial charge in [0.2, 0.25) is 5.91 Å². The predicted octanol–water partition coefficient (Wildman–Crippen LogP) is 3.16. The zero-order valence-electron chi connectivity index (χ0n) is 18.7. The Kier molecular flexibility index (Phi) is 10.3. The number of guanidine groups is 1.